The molecular weight excluding hydrogens is 496 g/mol. The molecule has 0 bridgehead atoms. The van der Waals surface area contributed by atoms with Gasteiger partial charge < -0.3 is 25.1 Å². The zero-order valence-corrected chi connectivity index (χ0v) is 21.1. The standard InChI is InChI=1S/C25H26N6O5S/c1-15-18(14-37-30-15)23(33)29-24-28-19-11-17(22(26)32)12-20(35-2)21(19)31(24)10-6-9-27-25(34)36-13-16-7-4-3-5-8-16/h3-5,7-8,11-12,14H,6,9-10,13H2,1-2H3,(H2,26,32)(H,27,34)(H,28,29,33). The number of nitrogens with zero attached hydrogens (tertiary/aromatic N) is 3. The third-order valence-corrected chi connectivity index (χ3v) is 6.29. The lowest BCUT2D eigenvalue weighted by molar-refractivity contribution is 0.0997. The molecule has 4 aromatic rings. The predicted molar refractivity (Wildman–Crippen MR) is 139 cm³/mol. The minimum absolute atomic E-state index is 0.172. The molecule has 0 fully saturated rings. The maximum absolute atomic E-state index is 12.9. The summed E-state index contributed by atoms with van der Waals surface area (Å²) in [6.07, 6.45) is -0.0360. The maximum atomic E-state index is 12.9. The number of carbonyl (C=O) groups is 3. The predicted octanol–water partition coefficient (Wildman–Crippen LogP) is 3.48. The number of imidazole rings is 1. The van der Waals surface area contributed by atoms with E-state index in [0.29, 0.717) is 47.6 Å². The molecule has 0 spiro atoms. The van der Waals surface area contributed by atoms with E-state index < -0.39 is 12.0 Å². The van der Waals surface area contributed by atoms with Crippen LogP contribution in [0.1, 0.15) is 38.4 Å². The Kier molecular flexibility index (Phi) is 7.98. The molecule has 3 amide bonds. The van der Waals surface area contributed by atoms with E-state index in [-0.39, 0.29) is 24.0 Å². The molecule has 4 N–H and O–H groups in total. The number of ether oxygens (including phenoxy) is 2. The summed E-state index contributed by atoms with van der Waals surface area (Å²) in [4.78, 5) is 41.3. The molecule has 11 nitrogen and oxygen atoms in total. The number of primary amides is 1. The van der Waals surface area contributed by atoms with Crippen LogP contribution in [0.2, 0.25) is 0 Å². The Bertz CT molecular complexity index is 1430. The van der Waals surface area contributed by atoms with Gasteiger partial charge in [0.2, 0.25) is 11.9 Å². The molecule has 0 aliphatic heterocycles. The van der Waals surface area contributed by atoms with Crippen LogP contribution in [0.5, 0.6) is 5.75 Å². The van der Waals surface area contributed by atoms with E-state index in [4.69, 9.17) is 15.2 Å². The molecule has 0 aliphatic rings. The first kappa shape index (κ1) is 25.6. The van der Waals surface area contributed by atoms with E-state index in [1.165, 1.54) is 24.7 Å². The molecule has 192 valence electrons. The summed E-state index contributed by atoms with van der Waals surface area (Å²) < 4.78 is 16.7. The highest BCUT2D eigenvalue weighted by atomic mass is 32.1. The first-order chi connectivity index (χ1) is 17.9. The molecule has 12 heteroatoms. The second kappa shape index (κ2) is 11.5. The molecule has 0 saturated carbocycles. The highest BCUT2D eigenvalue weighted by Gasteiger charge is 2.21. The summed E-state index contributed by atoms with van der Waals surface area (Å²) in [6, 6.07) is 12.5. The minimum atomic E-state index is -0.626. The number of hydrogen-bond donors (Lipinski definition) is 3. The first-order valence-corrected chi connectivity index (χ1v) is 12.3. The quantitative estimate of drug-likeness (QED) is 0.270. The van der Waals surface area contributed by atoms with Gasteiger partial charge in [0.1, 0.15) is 17.9 Å². The van der Waals surface area contributed by atoms with Gasteiger partial charge in [-0.05, 0) is 42.6 Å². The zero-order chi connectivity index (χ0) is 26.4. The monoisotopic (exact) mass is 522 g/mol. The van der Waals surface area contributed by atoms with Gasteiger partial charge in [0, 0.05) is 24.0 Å². The summed E-state index contributed by atoms with van der Waals surface area (Å²) in [7, 11) is 1.47. The molecule has 2 aromatic heterocycles. The minimum Gasteiger partial charge on any atom is -0.494 e. The van der Waals surface area contributed by atoms with Gasteiger partial charge in [-0.3, -0.25) is 14.9 Å². The number of nitrogens with one attached hydrogen (secondary N) is 2. The van der Waals surface area contributed by atoms with Crippen LogP contribution in [0.3, 0.4) is 0 Å². The molecule has 37 heavy (non-hydrogen) atoms. The van der Waals surface area contributed by atoms with Gasteiger partial charge in [0.25, 0.3) is 5.91 Å². The van der Waals surface area contributed by atoms with Crippen molar-refractivity contribution >= 4 is 46.4 Å². The first-order valence-electron chi connectivity index (χ1n) is 11.4. The Hall–Kier alpha value is -4.45. The number of benzene rings is 2. The van der Waals surface area contributed by atoms with E-state index in [2.05, 4.69) is 20.0 Å². The summed E-state index contributed by atoms with van der Waals surface area (Å²) in [6.45, 7) is 2.61. The van der Waals surface area contributed by atoms with Crippen LogP contribution in [0.15, 0.2) is 47.8 Å². The Morgan fingerprint density at radius 1 is 1.16 bits per heavy atom. The number of amides is 3. The van der Waals surface area contributed by atoms with E-state index in [1.807, 2.05) is 30.3 Å². The summed E-state index contributed by atoms with van der Waals surface area (Å²) in [5.41, 5.74) is 8.64. The zero-order valence-electron chi connectivity index (χ0n) is 20.3. The van der Waals surface area contributed by atoms with Crippen molar-refractivity contribution in [1.29, 1.82) is 0 Å². The smallest absolute Gasteiger partial charge is 0.407 e. The number of anilines is 1. The third kappa shape index (κ3) is 6.04. The normalized spacial score (nSPS) is 10.8. The number of fused-ring (bicyclic) bond motifs is 1. The molecule has 0 unspecified atom stereocenters. The number of methoxy groups -OCH3 is 1. The lowest BCUT2D eigenvalue weighted by Gasteiger charge is -2.13. The number of alkyl carbamates (subject to hydrolysis) is 1. The van der Waals surface area contributed by atoms with E-state index in [9.17, 15) is 14.4 Å². The fourth-order valence-electron chi connectivity index (χ4n) is 3.72. The van der Waals surface area contributed by atoms with Crippen molar-refractivity contribution in [3.8, 4) is 5.75 Å². The van der Waals surface area contributed by atoms with Crippen LogP contribution in [-0.4, -0.2) is 45.5 Å². The highest BCUT2D eigenvalue weighted by Crippen LogP contribution is 2.31. The van der Waals surface area contributed by atoms with Crippen molar-refractivity contribution in [2.45, 2.75) is 26.5 Å². The molecular formula is C25H26N6O5S. The van der Waals surface area contributed by atoms with Crippen LogP contribution < -0.4 is 21.1 Å². The molecule has 2 aromatic carbocycles. The van der Waals surface area contributed by atoms with Gasteiger partial charge in [-0.2, -0.15) is 4.37 Å². The molecule has 0 saturated heterocycles. The lowest BCUT2D eigenvalue weighted by atomic mass is 10.1. The van der Waals surface area contributed by atoms with Crippen LogP contribution in [0, 0.1) is 6.92 Å². The SMILES string of the molecule is COc1cc(C(N)=O)cc2nc(NC(=O)c3csnc3C)n(CCCNC(=O)OCc3ccccc3)c12. The van der Waals surface area contributed by atoms with E-state index in [0.717, 1.165) is 5.56 Å². The van der Waals surface area contributed by atoms with Gasteiger partial charge in [0.05, 0.1) is 23.9 Å². The molecule has 0 aliphatic carbocycles. The molecule has 2 heterocycles. The molecule has 0 radical (unpaired) electrons. The fourth-order valence-corrected chi connectivity index (χ4v) is 4.41. The average molecular weight is 523 g/mol. The second-order valence-electron chi connectivity index (χ2n) is 8.11. The van der Waals surface area contributed by atoms with Crippen molar-refractivity contribution in [3.63, 3.8) is 0 Å². The van der Waals surface area contributed by atoms with E-state index >= 15 is 0 Å². The fraction of sp³-hybridized carbons (Fsp3) is 0.240. The summed E-state index contributed by atoms with van der Waals surface area (Å²) in [5, 5.41) is 7.21. The number of hydrogen-bond acceptors (Lipinski definition) is 8. The number of nitrogens with two attached hydrogens (primary N) is 1. The van der Waals surface area contributed by atoms with Gasteiger partial charge in [-0.1, -0.05) is 30.3 Å². The van der Waals surface area contributed by atoms with Gasteiger partial charge >= 0.3 is 6.09 Å². The number of aromatic nitrogens is 3. The van der Waals surface area contributed by atoms with Crippen LogP contribution in [-0.2, 0) is 17.9 Å². The summed E-state index contributed by atoms with van der Waals surface area (Å²) >= 11 is 1.19. The number of rotatable bonds is 10. The van der Waals surface area contributed by atoms with Crippen molar-refractivity contribution in [1.82, 2.24) is 19.2 Å². The Morgan fingerprint density at radius 2 is 1.95 bits per heavy atom. The van der Waals surface area contributed by atoms with Crippen LogP contribution in [0.4, 0.5) is 10.7 Å². The van der Waals surface area contributed by atoms with Gasteiger partial charge in [0.15, 0.2) is 0 Å². The Morgan fingerprint density at radius 3 is 2.62 bits per heavy atom. The second-order valence-corrected chi connectivity index (χ2v) is 8.74. The molecule has 0 atom stereocenters. The maximum Gasteiger partial charge on any atom is 0.407 e. The Labute approximate surface area is 216 Å². The topological polar surface area (TPSA) is 150 Å². The van der Waals surface area contributed by atoms with Crippen LogP contribution >= 0.6 is 11.5 Å². The van der Waals surface area contributed by atoms with E-state index in [1.54, 1.807) is 22.9 Å². The van der Waals surface area contributed by atoms with Crippen molar-refractivity contribution in [2.75, 3.05) is 19.0 Å². The van der Waals surface area contributed by atoms with Gasteiger partial charge in [-0.25, -0.2) is 9.78 Å². The number of aryl methyl sites for hydroxylation is 2. The largest absolute Gasteiger partial charge is 0.494 e. The lowest BCUT2D eigenvalue weighted by Crippen LogP contribution is -2.26. The summed E-state index contributed by atoms with van der Waals surface area (Å²) in [5.74, 6) is -0.349. The van der Waals surface area contributed by atoms with Gasteiger partial charge in [-0.15, -0.1) is 0 Å². The van der Waals surface area contributed by atoms with Crippen molar-refractivity contribution < 1.29 is 23.9 Å². The highest BCUT2D eigenvalue weighted by molar-refractivity contribution is 7.04. The van der Waals surface area contributed by atoms with Crippen LogP contribution in [0.25, 0.3) is 11.0 Å². The Balaban J connectivity index is 1.51. The average Bonchev–Trinajstić information content (AvgIpc) is 3.48. The number of carbonyl (C=O) groups excluding carboxylic acids is 3. The van der Waals surface area contributed by atoms with Crippen molar-refractivity contribution in [2.24, 2.45) is 5.73 Å². The third-order valence-electron chi connectivity index (χ3n) is 5.57. The van der Waals surface area contributed by atoms with Crippen molar-refractivity contribution in [3.05, 3.63) is 70.2 Å². The molecule has 4 rings (SSSR count).